The van der Waals surface area contributed by atoms with E-state index in [1.54, 1.807) is 37.4 Å². The van der Waals surface area contributed by atoms with Crippen molar-refractivity contribution in [3.05, 3.63) is 52.3 Å². The molecule has 0 bridgehead atoms. The van der Waals surface area contributed by atoms with Crippen LogP contribution in [0.2, 0.25) is 0 Å². The molecule has 6 nitrogen and oxygen atoms in total. The summed E-state index contributed by atoms with van der Waals surface area (Å²) in [7, 11) is 1.62. The van der Waals surface area contributed by atoms with Gasteiger partial charge < -0.3 is 10.1 Å². The molecule has 98 valence electrons. The SMILES string of the molecule is CNc1cccc(Oc2ccc(C)nc2)c1[N+](=O)[O-]. The van der Waals surface area contributed by atoms with E-state index in [2.05, 4.69) is 10.3 Å². The highest BCUT2D eigenvalue weighted by atomic mass is 16.6. The topological polar surface area (TPSA) is 77.3 Å². The molecule has 0 atom stereocenters. The van der Waals surface area contributed by atoms with Crippen molar-refractivity contribution in [1.82, 2.24) is 4.98 Å². The Balaban J connectivity index is 2.39. The lowest BCUT2D eigenvalue weighted by atomic mass is 10.2. The lowest BCUT2D eigenvalue weighted by Crippen LogP contribution is -1.99. The zero-order valence-corrected chi connectivity index (χ0v) is 10.6. The second-order valence-electron chi connectivity index (χ2n) is 3.90. The van der Waals surface area contributed by atoms with Crippen molar-refractivity contribution in [2.24, 2.45) is 0 Å². The predicted molar refractivity (Wildman–Crippen MR) is 71.7 cm³/mol. The molecule has 1 aromatic carbocycles. The van der Waals surface area contributed by atoms with Crippen molar-refractivity contribution in [3.8, 4) is 11.5 Å². The number of nitro benzene ring substituents is 1. The Labute approximate surface area is 110 Å². The summed E-state index contributed by atoms with van der Waals surface area (Å²) < 4.78 is 5.52. The van der Waals surface area contributed by atoms with E-state index in [1.807, 2.05) is 6.92 Å². The second kappa shape index (κ2) is 5.34. The van der Waals surface area contributed by atoms with Crippen LogP contribution in [0, 0.1) is 17.0 Å². The number of para-hydroxylation sites is 1. The number of anilines is 1. The van der Waals surface area contributed by atoms with Crippen LogP contribution in [-0.2, 0) is 0 Å². The first kappa shape index (κ1) is 12.8. The zero-order valence-electron chi connectivity index (χ0n) is 10.6. The van der Waals surface area contributed by atoms with E-state index in [0.29, 0.717) is 11.4 Å². The van der Waals surface area contributed by atoms with Gasteiger partial charge in [0.05, 0.1) is 11.1 Å². The molecule has 0 amide bonds. The summed E-state index contributed by atoms with van der Waals surface area (Å²) in [5, 5.41) is 13.9. The standard InChI is InChI=1S/C13H13N3O3/c1-9-6-7-10(8-15-9)19-12-5-3-4-11(14-2)13(12)16(17)18/h3-8,14H,1-2H3. The van der Waals surface area contributed by atoms with Crippen LogP contribution in [0.4, 0.5) is 11.4 Å². The molecule has 1 aromatic heterocycles. The Morgan fingerprint density at radius 2 is 2.11 bits per heavy atom. The van der Waals surface area contributed by atoms with E-state index in [1.165, 1.54) is 6.20 Å². The number of hydrogen-bond donors (Lipinski definition) is 1. The quantitative estimate of drug-likeness (QED) is 0.674. The Kier molecular flexibility index (Phi) is 3.61. The third kappa shape index (κ3) is 2.79. The van der Waals surface area contributed by atoms with Crippen LogP contribution in [-0.4, -0.2) is 17.0 Å². The maximum atomic E-state index is 11.1. The summed E-state index contributed by atoms with van der Waals surface area (Å²) >= 11 is 0. The van der Waals surface area contributed by atoms with E-state index in [-0.39, 0.29) is 11.4 Å². The number of aromatic nitrogens is 1. The van der Waals surface area contributed by atoms with Gasteiger partial charge in [0.1, 0.15) is 11.4 Å². The number of rotatable bonds is 4. The van der Waals surface area contributed by atoms with Crippen LogP contribution >= 0.6 is 0 Å². The first-order chi connectivity index (χ1) is 9.11. The van der Waals surface area contributed by atoms with Gasteiger partial charge in [0.15, 0.2) is 0 Å². The second-order valence-corrected chi connectivity index (χ2v) is 3.90. The van der Waals surface area contributed by atoms with Crippen molar-refractivity contribution in [3.63, 3.8) is 0 Å². The summed E-state index contributed by atoms with van der Waals surface area (Å²) in [6, 6.07) is 8.37. The van der Waals surface area contributed by atoms with Crippen LogP contribution in [0.25, 0.3) is 0 Å². The van der Waals surface area contributed by atoms with Gasteiger partial charge in [-0.1, -0.05) is 6.07 Å². The Bertz CT molecular complexity index is 597. The number of ether oxygens (including phenoxy) is 1. The molecular formula is C13H13N3O3. The van der Waals surface area contributed by atoms with Gasteiger partial charge in [-0.15, -0.1) is 0 Å². The van der Waals surface area contributed by atoms with Gasteiger partial charge in [-0.05, 0) is 31.2 Å². The van der Waals surface area contributed by atoms with Gasteiger partial charge in [0.25, 0.3) is 0 Å². The van der Waals surface area contributed by atoms with E-state index < -0.39 is 4.92 Å². The van der Waals surface area contributed by atoms with Crippen LogP contribution in [0.5, 0.6) is 11.5 Å². The number of hydrogen-bond acceptors (Lipinski definition) is 5. The fourth-order valence-corrected chi connectivity index (χ4v) is 1.64. The first-order valence-electron chi connectivity index (χ1n) is 5.67. The van der Waals surface area contributed by atoms with Gasteiger partial charge >= 0.3 is 5.69 Å². The van der Waals surface area contributed by atoms with Crippen molar-refractivity contribution in [2.75, 3.05) is 12.4 Å². The molecule has 0 radical (unpaired) electrons. The Morgan fingerprint density at radius 3 is 2.68 bits per heavy atom. The molecule has 0 fully saturated rings. The third-order valence-electron chi connectivity index (χ3n) is 2.56. The van der Waals surface area contributed by atoms with Crippen molar-refractivity contribution < 1.29 is 9.66 Å². The van der Waals surface area contributed by atoms with Crippen molar-refractivity contribution >= 4 is 11.4 Å². The van der Waals surface area contributed by atoms with Gasteiger partial charge in [0, 0.05) is 12.7 Å². The minimum atomic E-state index is -0.469. The minimum absolute atomic E-state index is 0.0921. The Morgan fingerprint density at radius 1 is 1.32 bits per heavy atom. The molecule has 1 N–H and O–H groups in total. The highest BCUT2D eigenvalue weighted by molar-refractivity contribution is 5.68. The molecule has 0 aliphatic rings. The summed E-state index contributed by atoms with van der Waals surface area (Å²) in [4.78, 5) is 14.7. The number of aryl methyl sites for hydroxylation is 1. The van der Waals surface area contributed by atoms with Crippen LogP contribution in [0.15, 0.2) is 36.5 Å². The summed E-state index contributed by atoms with van der Waals surface area (Å²) in [5.41, 5.74) is 1.17. The monoisotopic (exact) mass is 259 g/mol. The van der Waals surface area contributed by atoms with E-state index in [0.717, 1.165) is 5.69 Å². The smallest absolute Gasteiger partial charge is 0.334 e. The molecule has 0 saturated carbocycles. The van der Waals surface area contributed by atoms with Gasteiger partial charge in [-0.2, -0.15) is 0 Å². The molecule has 1 heterocycles. The number of benzene rings is 1. The number of pyridine rings is 1. The van der Waals surface area contributed by atoms with Gasteiger partial charge in [-0.25, -0.2) is 0 Å². The van der Waals surface area contributed by atoms with Crippen molar-refractivity contribution in [2.45, 2.75) is 6.92 Å². The highest BCUT2D eigenvalue weighted by Gasteiger charge is 2.20. The molecule has 6 heteroatoms. The average molecular weight is 259 g/mol. The molecule has 0 aliphatic heterocycles. The van der Waals surface area contributed by atoms with Gasteiger partial charge in [0.2, 0.25) is 5.75 Å². The fourth-order valence-electron chi connectivity index (χ4n) is 1.64. The maximum Gasteiger partial charge on any atom is 0.334 e. The molecule has 0 saturated heterocycles. The van der Waals surface area contributed by atoms with Crippen molar-refractivity contribution in [1.29, 1.82) is 0 Å². The van der Waals surface area contributed by atoms with Gasteiger partial charge in [-0.3, -0.25) is 15.1 Å². The number of nitro groups is 1. The highest BCUT2D eigenvalue weighted by Crippen LogP contribution is 2.36. The minimum Gasteiger partial charge on any atom is -0.448 e. The lowest BCUT2D eigenvalue weighted by Gasteiger charge is -2.08. The zero-order chi connectivity index (χ0) is 13.8. The first-order valence-corrected chi connectivity index (χ1v) is 5.67. The van der Waals surface area contributed by atoms with Crippen LogP contribution in [0.1, 0.15) is 5.69 Å². The van der Waals surface area contributed by atoms with Crippen LogP contribution in [0.3, 0.4) is 0 Å². The third-order valence-corrected chi connectivity index (χ3v) is 2.56. The molecule has 0 spiro atoms. The molecular weight excluding hydrogens is 246 g/mol. The van der Waals surface area contributed by atoms with E-state index in [9.17, 15) is 10.1 Å². The molecule has 2 aromatic rings. The maximum absolute atomic E-state index is 11.1. The average Bonchev–Trinajstić information content (AvgIpc) is 2.40. The molecule has 0 aliphatic carbocycles. The Hall–Kier alpha value is -2.63. The summed E-state index contributed by atoms with van der Waals surface area (Å²) in [5.74, 6) is 0.643. The molecule has 0 unspecified atom stereocenters. The van der Waals surface area contributed by atoms with E-state index >= 15 is 0 Å². The summed E-state index contributed by atoms with van der Waals surface area (Å²) in [6.07, 6.45) is 1.53. The lowest BCUT2D eigenvalue weighted by molar-refractivity contribution is -0.384. The number of nitrogens with one attached hydrogen (secondary N) is 1. The number of nitrogens with zero attached hydrogens (tertiary/aromatic N) is 2. The summed E-state index contributed by atoms with van der Waals surface area (Å²) in [6.45, 7) is 1.86. The molecule has 2 rings (SSSR count). The fraction of sp³-hybridized carbons (Fsp3) is 0.154. The predicted octanol–water partition coefficient (Wildman–Crippen LogP) is 3.13. The largest absolute Gasteiger partial charge is 0.448 e. The molecule has 19 heavy (non-hydrogen) atoms. The van der Waals surface area contributed by atoms with Crippen LogP contribution < -0.4 is 10.1 Å². The van der Waals surface area contributed by atoms with E-state index in [4.69, 9.17) is 4.74 Å². The normalized spacial score (nSPS) is 10.0.